The fraction of sp³-hybridized carbons (Fsp3) is 0.240. The topological polar surface area (TPSA) is 61.2 Å². The number of aryl methyl sites for hydroxylation is 1. The molecule has 7 heteroatoms. The van der Waals surface area contributed by atoms with Crippen molar-refractivity contribution in [1.82, 2.24) is 9.55 Å². The summed E-state index contributed by atoms with van der Waals surface area (Å²) >= 11 is 5.04. The fourth-order valence-electron chi connectivity index (χ4n) is 3.63. The lowest BCUT2D eigenvalue weighted by Crippen LogP contribution is -2.21. The monoisotopic (exact) mass is 510 g/mol. The van der Waals surface area contributed by atoms with Crippen LogP contribution in [0.25, 0.3) is 21.3 Å². The van der Waals surface area contributed by atoms with E-state index in [9.17, 15) is 9.59 Å². The van der Waals surface area contributed by atoms with Crippen molar-refractivity contribution in [3.63, 3.8) is 0 Å². The summed E-state index contributed by atoms with van der Waals surface area (Å²) in [6, 6.07) is 15.2. The Morgan fingerprint density at radius 2 is 1.94 bits per heavy atom. The Balaban J connectivity index is 1.76. The minimum absolute atomic E-state index is 0.0842. The number of carbonyl (C=O) groups is 1. The largest absolute Gasteiger partial charge is 0.459 e. The number of carbonyl (C=O) groups excluding carboxylic acids is 1. The van der Waals surface area contributed by atoms with Gasteiger partial charge in [-0.2, -0.15) is 0 Å². The first-order valence-corrected chi connectivity index (χ1v) is 12.0. The van der Waals surface area contributed by atoms with Crippen LogP contribution >= 0.6 is 27.3 Å². The maximum atomic E-state index is 13.5. The van der Waals surface area contributed by atoms with Gasteiger partial charge >= 0.3 is 5.97 Å². The summed E-state index contributed by atoms with van der Waals surface area (Å²) in [6.07, 6.45) is 2.22. The zero-order valence-electron chi connectivity index (χ0n) is 18.1. The van der Waals surface area contributed by atoms with Crippen LogP contribution in [0.1, 0.15) is 41.6 Å². The molecule has 0 spiro atoms. The number of halogens is 1. The Morgan fingerprint density at radius 1 is 1.19 bits per heavy atom. The zero-order valence-corrected chi connectivity index (χ0v) is 20.5. The first kappa shape index (κ1) is 22.4. The number of hydrogen-bond donors (Lipinski definition) is 0. The summed E-state index contributed by atoms with van der Waals surface area (Å²) in [5.74, 6) is -0.370. The van der Waals surface area contributed by atoms with Gasteiger partial charge in [-0.1, -0.05) is 47.1 Å². The summed E-state index contributed by atoms with van der Waals surface area (Å²) in [4.78, 5) is 32.2. The molecule has 2 aromatic heterocycles. The van der Waals surface area contributed by atoms with E-state index in [0.29, 0.717) is 17.5 Å². The minimum atomic E-state index is -0.370. The molecule has 0 N–H and O–H groups in total. The minimum Gasteiger partial charge on any atom is -0.459 e. The zero-order chi connectivity index (χ0) is 22.8. The van der Waals surface area contributed by atoms with Gasteiger partial charge < -0.3 is 4.74 Å². The molecule has 0 amide bonds. The number of aromatic nitrogens is 2. The van der Waals surface area contributed by atoms with Gasteiger partial charge in [0.2, 0.25) is 0 Å². The van der Waals surface area contributed by atoms with Crippen molar-refractivity contribution in [3.8, 4) is 11.1 Å². The highest BCUT2D eigenvalue weighted by atomic mass is 79.9. The second kappa shape index (κ2) is 9.38. The molecular weight excluding hydrogens is 488 g/mol. The normalized spacial score (nSPS) is 11.3. The quantitative estimate of drug-likeness (QED) is 0.295. The maximum Gasteiger partial charge on any atom is 0.338 e. The van der Waals surface area contributed by atoms with Crippen molar-refractivity contribution in [2.45, 2.75) is 39.8 Å². The second-order valence-electron chi connectivity index (χ2n) is 7.77. The summed E-state index contributed by atoms with van der Waals surface area (Å²) in [7, 11) is 0. The smallest absolute Gasteiger partial charge is 0.338 e. The highest BCUT2D eigenvalue weighted by Crippen LogP contribution is 2.36. The molecule has 0 aliphatic heterocycles. The van der Waals surface area contributed by atoms with E-state index in [1.54, 1.807) is 40.4 Å². The van der Waals surface area contributed by atoms with E-state index in [2.05, 4.69) is 27.8 Å². The molecule has 0 aliphatic rings. The third-order valence-corrected chi connectivity index (χ3v) is 6.83. The molecular formula is C25H23BrN2O3S. The summed E-state index contributed by atoms with van der Waals surface area (Å²) < 4.78 is 7.88. The maximum absolute atomic E-state index is 13.5. The molecule has 0 saturated heterocycles. The predicted octanol–water partition coefficient (Wildman–Crippen LogP) is 6.06. The molecule has 0 unspecified atom stereocenters. The fourth-order valence-corrected chi connectivity index (χ4v) is 4.99. The lowest BCUT2D eigenvalue weighted by molar-refractivity contribution is 0.0378. The van der Waals surface area contributed by atoms with Crippen LogP contribution < -0.4 is 5.56 Å². The van der Waals surface area contributed by atoms with Gasteiger partial charge in [0.1, 0.15) is 4.83 Å². The molecule has 4 rings (SSSR count). The third kappa shape index (κ3) is 4.54. The third-order valence-electron chi connectivity index (χ3n) is 5.06. The van der Waals surface area contributed by atoms with Gasteiger partial charge in [0.05, 0.1) is 29.9 Å². The Labute approximate surface area is 198 Å². The number of ether oxygens (including phenoxy) is 1. The van der Waals surface area contributed by atoms with Gasteiger partial charge in [-0.15, -0.1) is 11.3 Å². The van der Waals surface area contributed by atoms with Crippen molar-refractivity contribution in [2.75, 3.05) is 0 Å². The van der Waals surface area contributed by atoms with E-state index in [1.165, 1.54) is 0 Å². The predicted molar refractivity (Wildman–Crippen MR) is 132 cm³/mol. The number of fused-ring (bicyclic) bond motifs is 1. The number of nitrogens with zero attached hydrogens (tertiary/aromatic N) is 2. The molecule has 0 radical (unpaired) electrons. The average molecular weight is 511 g/mol. The van der Waals surface area contributed by atoms with E-state index in [0.717, 1.165) is 37.3 Å². The Bertz CT molecular complexity index is 1340. The van der Waals surface area contributed by atoms with Gasteiger partial charge in [-0.05, 0) is 55.7 Å². The Kier molecular flexibility index (Phi) is 6.58. The van der Waals surface area contributed by atoms with E-state index in [1.807, 2.05) is 44.2 Å². The highest BCUT2D eigenvalue weighted by Gasteiger charge is 2.18. The van der Waals surface area contributed by atoms with Crippen molar-refractivity contribution >= 4 is 43.5 Å². The number of hydrogen-bond acceptors (Lipinski definition) is 5. The lowest BCUT2D eigenvalue weighted by atomic mass is 10.0. The van der Waals surface area contributed by atoms with Crippen LogP contribution in [0.15, 0.2) is 64.1 Å². The highest BCUT2D eigenvalue weighted by molar-refractivity contribution is 9.10. The van der Waals surface area contributed by atoms with Crippen LogP contribution in [0.2, 0.25) is 0 Å². The van der Waals surface area contributed by atoms with Crippen LogP contribution in [0.5, 0.6) is 0 Å². The van der Waals surface area contributed by atoms with E-state index >= 15 is 0 Å². The SMILES string of the molecule is CCc1sc2ncn(Cc3cccc(C(=O)OC(C)C)c3)c(=O)c2c1-c1ccc(Br)cc1. The van der Waals surface area contributed by atoms with Crippen LogP contribution in [0, 0.1) is 0 Å². The van der Waals surface area contributed by atoms with Gasteiger partial charge in [0.15, 0.2) is 0 Å². The van der Waals surface area contributed by atoms with Crippen molar-refractivity contribution in [2.24, 2.45) is 0 Å². The average Bonchev–Trinajstić information content (AvgIpc) is 3.15. The molecule has 0 bridgehead atoms. The molecule has 0 fully saturated rings. The number of esters is 1. The van der Waals surface area contributed by atoms with Crippen molar-refractivity contribution < 1.29 is 9.53 Å². The molecule has 2 aromatic carbocycles. The van der Waals surface area contributed by atoms with Crippen LogP contribution in [0.3, 0.4) is 0 Å². The van der Waals surface area contributed by atoms with Crippen molar-refractivity contribution in [1.29, 1.82) is 0 Å². The van der Waals surface area contributed by atoms with Crippen LogP contribution in [0.4, 0.5) is 0 Å². The van der Waals surface area contributed by atoms with Gasteiger partial charge in [-0.3, -0.25) is 9.36 Å². The Hall–Kier alpha value is -2.77. The number of thiophene rings is 1. The van der Waals surface area contributed by atoms with E-state index < -0.39 is 0 Å². The molecule has 164 valence electrons. The Morgan fingerprint density at radius 3 is 2.62 bits per heavy atom. The molecule has 5 nitrogen and oxygen atoms in total. The van der Waals surface area contributed by atoms with Gasteiger partial charge in [0.25, 0.3) is 5.56 Å². The van der Waals surface area contributed by atoms with Crippen molar-refractivity contribution in [3.05, 3.63) is 85.7 Å². The second-order valence-corrected chi connectivity index (χ2v) is 9.77. The van der Waals surface area contributed by atoms with Gasteiger partial charge in [-0.25, -0.2) is 9.78 Å². The van der Waals surface area contributed by atoms with E-state index in [4.69, 9.17) is 4.74 Å². The molecule has 4 aromatic rings. The molecule has 0 aliphatic carbocycles. The molecule has 0 saturated carbocycles. The van der Waals surface area contributed by atoms with Crippen LogP contribution in [-0.4, -0.2) is 21.6 Å². The molecule has 2 heterocycles. The number of rotatable bonds is 6. The molecule has 0 atom stereocenters. The first-order chi connectivity index (χ1) is 15.4. The standard InChI is InChI=1S/C25H23BrN2O3S/c1-4-20-21(17-8-10-19(26)11-9-17)22-23(32-20)27-14-28(24(22)29)13-16-6-5-7-18(12-16)25(30)31-15(2)3/h5-12,14-15H,4,13H2,1-3H3. The molecule has 32 heavy (non-hydrogen) atoms. The number of benzene rings is 2. The first-order valence-electron chi connectivity index (χ1n) is 10.4. The van der Waals surface area contributed by atoms with Crippen LogP contribution in [-0.2, 0) is 17.7 Å². The van der Waals surface area contributed by atoms with E-state index in [-0.39, 0.29) is 17.6 Å². The summed E-state index contributed by atoms with van der Waals surface area (Å²) in [5.41, 5.74) is 3.19. The van der Waals surface area contributed by atoms with Gasteiger partial charge in [0, 0.05) is 14.9 Å². The summed E-state index contributed by atoms with van der Waals surface area (Å²) in [5, 5.41) is 0.645. The lowest BCUT2D eigenvalue weighted by Gasteiger charge is -2.10. The summed E-state index contributed by atoms with van der Waals surface area (Å²) in [6.45, 7) is 6.04.